The smallest absolute Gasteiger partial charge is 0.258 e. The molecule has 0 unspecified atom stereocenters. The minimum absolute atomic E-state index is 0.0188. The number of carbonyl (C=O) groups excluding carboxylic acids is 1. The lowest BCUT2D eigenvalue weighted by molar-refractivity contribution is 0.0996. The summed E-state index contributed by atoms with van der Waals surface area (Å²) in [5.41, 5.74) is 3.53. The summed E-state index contributed by atoms with van der Waals surface area (Å²) in [6, 6.07) is 13.1. The van der Waals surface area contributed by atoms with Crippen LogP contribution < -0.4 is 14.5 Å². The van der Waals surface area contributed by atoms with Gasteiger partial charge < -0.3 is 14.5 Å². The molecule has 1 heterocycles. The molecule has 0 atom stereocenters. The molecule has 2 aromatic rings. The summed E-state index contributed by atoms with van der Waals surface area (Å²) in [5, 5.41) is 0. The van der Waals surface area contributed by atoms with E-state index in [1.165, 1.54) is 0 Å². The van der Waals surface area contributed by atoms with E-state index >= 15 is 0 Å². The van der Waals surface area contributed by atoms with Crippen LogP contribution in [0.3, 0.4) is 0 Å². The molecule has 1 amide bonds. The van der Waals surface area contributed by atoms with Gasteiger partial charge in [0.25, 0.3) is 5.91 Å². The third kappa shape index (κ3) is 2.99. The van der Waals surface area contributed by atoms with Crippen LogP contribution in [-0.2, 0) is 6.54 Å². The zero-order chi connectivity index (χ0) is 16.4. The first-order chi connectivity index (χ1) is 11.1. The molecule has 1 aliphatic heterocycles. The van der Waals surface area contributed by atoms with Gasteiger partial charge in [0.15, 0.2) is 0 Å². The predicted molar refractivity (Wildman–Crippen MR) is 89.2 cm³/mol. The normalized spacial score (nSPS) is 13.2. The molecule has 23 heavy (non-hydrogen) atoms. The van der Waals surface area contributed by atoms with Gasteiger partial charge in [0.05, 0.1) is 6.54 Å². The number of fused-ring (bicyclic) bond motifs is 1. The number of benzene rings is 2. The Morgan fingerprint density at radius 1 is 1.17 bits per heavy atom. The second kappa shape index (κ2) is 6.28. The third-order valence-corrected chi connectivity index (χ3v) is 3.90. The molecule has 1 aliphatic rings. The van der Waals surface area contributed by atoms with Gasteiger partial charge in [0, 0.05) is 31.0 Å². The van der Waals surface area contributed by atoms with Crippen LogP contribution in [0.5, 0.6) is 5.75 Å². The van der Waals surface area contributed by atoms with Gasteiger partial charge in [-0.3, -0.25) is 4.79 Å². The molecule has 2 aromatic carbocycles. The zero-order valence-electron chi connectivity index (χ0n) is 13.3. The molecule has 0 fully saturated rings. The average molecular weight is 314 g/mol. The summed E-state index contributed by atoms with van der Waals surface area (Å²) in [6.45, 7) is 0.00507. The quantitative estimate of drug-likeness (QED) is 0.849. The van der Waals surface area contributed by atoms with Crippen LogP contribution in [0.15, 0.2) is 42.5 Å². The first-order valence-corrected chi connectivity index (χ1v) is 7.51. The summed E-state index contributed by atoms with van der Waals surface area (Å²) < 4.78 is 17.5. The first-order valence-electron chi connectivity index (χ1n) is 7.51. The van der Waals surface area contributed by atoms with Crippen molar-refractivity contribution in [3.05, 3.63) is 53.6 Å². The van der Waals surface area contributed by atoms with Crippen molar-refractivity contribution in [1.29, 1.82) is 0 Å². The number of nitrogens with zero attached hydrogens (tertiary/aromatic N) is 2. The predicted octanol–water partition coefficient (Wildman–Crippen LogP) is 3.26. The van der Waals surface area contributed by atoms with Gasteiger partial charge in [0.2, 0.25) is 0 Å². The number of hydrogen-bond donors (Lipinski definition) is 0. The van der Waals surface area contributed by atoms with Crippen LogP contribution in [0.1, 0.15) is 15.9 Å². The standard InChI is InChI=1S/C18H19FN2O2/c1-20(2)14-3-5-15(6-4-14)21-12-13-11-16(23-10-9-19)7-8-17(13)18(21)22/h3-8,11H,9-10,12H2,1-2H3. The molecule has 0 N–H and O–H groups in total. The van der Waals surface area contributed by atoms with E-state index in [4.69, 9.17) is 4.74 Å². The number of hydrogen-bond acceptors (Lipinski definition) is 3. The molecule has 0 saturated heterocycles. The summed E-state index contributed by atoms with van der Waals surface area (Å²) >= 11 is 0. The van der Waals surface area contributed by atoms with E-state index in [-0.39, 0.29) is 12.5 Å². The lowest BCUT2D eigenvalue weighted by Crippen LogP contribution is -2.23. The van der Waals surface area contributed by atoms with Crippen molar-refractivity contribution >= 4 is 17.3 Å². The number of ether oxygens (including phenoxy) is 1. The monoisotopic (exact) mass is 314 g/mol. The minimum Gasteiger partial charge on any atom is -0.491 e. The fraction of sp³-hybridized carbons (Fsp3) is 0.278. The Bertz CT molecular complexity index is 713. The van der Waals surface area contributed by atoms with Gasteiger partial charge in [-0.1, -0.05) is 0 Å². The Labute approximate surface area is 135 Å². The molecule has 0 radical (unpaired) electrons. The average Bonchev–Trinajstić information content (AvgIpc) is 2.89. The van der Waals surface area contributed by atoms with E-state index in [0.717, 1.165) is 16.9 Å². The summed E-state index contributed by atoms with van der Waals surface area (Å²) in [6.07, 6.45) is 0. The van der Waals surface area contributed by atoms with Crippen LogP contribution in [0.4, 0.5) is 15.8 Å². The van der Waals surface area contributed by atoms with E-state index in [1.807, 2.05) is 49.3 Å². The molecule has 0 aromatic heterocycles. The number of alkyl halides is 1. The van der Waals surface area contributed by atoms with E-state index in [1.54, 1.807) is 17.0 Å². The highest BCUT2D eigenvalue weighted by Crippen LogP contribution is 2.31. The highest BCUT2D eigenvalue weighted by atomic mass is 19.1. The van der Waals surface area contributed by atoms with Crippen LogP contribution >= 0.6 is 0 Å². The van der Waals surface area contributed by atoms with Crippen molar-refractivity contribution in [3.63, 3.8) is 0 Å². The Morgan fingerprint density at radius 2 is 1.91 bits per heavy atom. The molecule has 120 valence electrons. The summed E-state index contributed by atoms with van der Waals surface area (Å²) in [4.78, 5) is 16.3. The van der Waals surface area contributed by atoms with Gasteiger partial charge in [-0.2, -0.15) is 0 Å². The second-order valence-corrected chi connectivity index (χ2v) is 5.66. The van der Waals surface area contributed by atoms with Crippen molar-refractivity contribution in [3.8, 4) is 5.75 Å². The number of carbonyl (C=O) groups is 1. The number of amides is 1. The minimum atomic E-state index is -0.527. The Balaban J connectivity index is 1.82. The maximum atomic E-state index is 12.6. The van der Waals surface area contributed by atoms with Gasteiger partial charge >= 0.3 is 0 Å². The van der Waals surface area contributed by atoms with E-state index in [2.05, 4.69) is 0 Å². The molecule has 0 saturated carbocycles. The Morgan fingerprint density at radius 3 is 2.57 bits per heavy atom. The van der Waals surface area contributed by atoms with Crippen molar-refractivity contribution in [2.75, 3.05) is 37.2 Å². The lowest BCUT2D eigenvalue weighted by Gasteiger charge is -2.18. The van der Waals surface area contributed by atoms with Gasteiger partial charge in [-0.25, -0.2) is 4.39 Å². The molecule has 0 bridgehead atoms. The molecule has 3 rings (SSSR count). The largest absolute Gasteiger partial charge is 0.491 e. The molecule has 5 heteroatoms. The maximum absolute atomic E-state index is 12.6. The van der Waals surface area contributed by atoms with Crippen molar-refractivity contribution in [2.45, 2.75) is 6.54 Å². The SMILES string of the molecule is CN(C)c1ccc(N2Cc3cc(OCCF)ccc3C2=O)cc1. The van der Waals surface area contributed by atoms with Crippen molar-refractivity contribution in [1.82, 2.24) is 0 Å². The number of rotatable bonds is 5. The molecule has 0 aliphatic carbocycles. The fourth-order valence-corrected chi connectivity index (χ4v) is 2.68. The van der Waals surface area contributed by atoms with Gasteiger partial charge in [-0.05, 0) is 48.0 Å². The number of anilines is 2. The second-order valence-electron chi connectivity index (χ2n) is 5.66. The Kier molecular flexibility index (Phi) is 4.19. The topological polar surface area (TPSA) is 32.8 Å². The highest BCUT2D eigenvalue weighted by Gasteiger charge is 2.28. The van der Waals surface area contributed by atoms with E-state index in [9.17, 15) is 9.18 Å². The van der Waals surface area contributed by atoms with E-state index in [0.29, 0.717) is 17.9 Å². The van der Waals surface area contributed by atoms with Crippen LogP contribution in [-0.4, -0.2) is 33.3 Å². The van der Waals surface area contributed by atoms with Crippen LogP contribution in [0, 0.1) is 0 Å². The van der Waals surface area contributed by atoms with Gasteiger partial charge in [-0.15, -0.1) is 0 Å². The van der Waals surface area contributed by atoms with Crippen LogP contribution in [0.25, 0.3) is 0 Å². The fourth-order valence-electron chi connectivity index (χ4n) is 2.68. The molecule has 4 nitrogen and oxygen atoms in total. The Hall–Kier alpha value is -2.56. The van der Waals surface area contributed by atoms with Crippen LogP contribution in [0.2, 0.25) is 0 Å². The highest BCUT2D eigenvalue weighted by molar-refractivity contribution is 6.10. The van der Waals surface area contributed by atoms with Gasteiger partial charge in [0.1, 0.15) is 19.0 Å². The van der Waals surface area contributed by atoms with E-state index < -0.39 is 6.67 Å². The third-order valence-electron chi connectivity index (χ3n) is 3.90. The molecule has 0 spiro atoms. The molecular formula is C18H19FN2O2. The summed E-state index contributed by atoms with van der Waals surface area (Å²) in [5.74, 6) is 0.577. The lowest BCUT2D eigenvalue weighted by atomic mass is 10.1. The zero-order valence-corrected chi connectivity index (χ0v) is 13.3. The number of halogens is 1. The molecular weight excluding hydrogens is 295 g/mol. The van der Waals surface area contributed by atoms with Crippen molar-refractivity contribution < 1.29 is 13.9 Å². The first kappa shape index (κ1) is 15.3. The van der Waals surface area contributed by atoms with Crippen molar-refractivity contribution in [2.24, 2.45) is 0 Å². The maximum Gasteiger partial charge on any atom is 0.258 e. The summed E-state index contributed by atoms with van der Waals surface area (Å²) in [7, 11) is 3.95.